The molecule has 0 amide bonds. The highest BCUT2D eigenvalue weighted by Crippen LogP contribution is 2.10. The first-order valence-corrected chi connectivity index (χ1v) is 5.94. The van der Waals surface area contributed by atoms with Crippen LogP contribution < -0.4 is 0 Å². The van der Waals surface area contributed by atoms with E-state index in [-0.39, 0.29) is 12.0 Å². The number of hydrogen-bond acceptors (Lipinski definition) is 3. The Hall–Kier alpha value is -0.570. The Morgan fingerprint density at radius 1 is 1.27 bits per heavy atom. The van der Waals surface area contributed by atoms with Gasteiger partial charge in [-0.05, 0) is 40.7 Å². The third kappa shape index (κ3) is 5.78. The Bertz CT molecular complexity index is 180. The first-order valence-electron chi connectivity index (χ1n) is 5.94. The Labute approximate surface area is 93.8 Å². The third-order valence-electron chi connectivity index (χ3n) is 2.48. The van der Waals surface area contributed by atoms with E-state index in [2.05, 4.69) is 32.6 Å². The summed E-state index contributed by atoms with van der Waals surface area (Å²) in [4.78, 5) is 13.7. The summed E-state index contributed by atoms with van der Waals surface area (Å²) in [6.45, 7) is 11.9. The van der Waals surface area contributed by atoms with Crippen molar-refractivity contribution in [3.05, 3.63) is 0 Å². The molecule has 0 aromatic heterocycles. The minimum atomic E-state index is -0.0910. The van der Waals surface area contributed by atoms with Crippen LogP contribution in [0.15, 0.2) is 0 Å². The number of rotatable bonds is 7. The fourth-order valence-corrected chi connectivity index (χ4v) is 1.82. The molecular weight excluding hydrogens is 190 g/mol. The van der Waals surface area contributed by atoms with Gasteiger partial charge in [0, 0.05) is 12.1 Å². The summed E-state index contributed by atoms with van der Waals surface area (Å²) >= 11 is 0. The van der Waals surface area contributed by atoms with Gasteiger partial charge in [-0.2, -0.15) is 0 Å². The van der Waals surface area contributed by atoms with Crippen molar-refractivity contribution in [2.24, 2.45) is 0 Å². The number of ether oxygens (including phenoxy) is 1. The van der Waals surface area contributed by atoms with E-state index in [0.717, 1.165) is 13.0 Å². The number of nitrogens with zero attached hydrogens (tertiary/aromatic N) is 1. The molecule has 0 bridgehead atoms. The Morgan fingerprint density at radius 3 is 2.27 bits per heavy atom. The van der Waals surface area contributed by atoms with Gasteiger partial charge in [-0.25, -0.2) is 0 Å². The summed E-state index contributed by atoms with van der Waals surface area (Å²) in [5.41, 5.74) is 0. The van der Waals surface area contributed by atoms with Gasteiger partial charge in [0.1, 0.15) is 0 Å². The second-order valence-electron chi connectivity index (χ2n) is 4.19. The van der Waals surface area contributed by atoms with Gasteiger partial charge in [0.2, 0.25) is 0 Å². The molecule has 0 aliphatic heterocycles. The molecule has 0 radical (unpaired) electrons. The lowest BCUT2D eigenvalue weighted by atomic mass is 10.1. The molecule has 0 aromatic rings. The largest absolute Gasteiger partial charge is 0.466 e. The van der Waals surface area contributed by atoms with Gasteiger partial charge in [-0.1, -0.05) is 6.92 Å². The fourth-order valence-electron chi connectivity index (χ4n) is 1.82. The van der Waals surface area contributed by atoms with Crippen LogP contribution in [0.2, 0.25) is 0 Å². The van der Waals surface area contributed by atoms with E-state index in [1.165, 1.54) is 0 Å². The molecule has 0 spiro atoms. The molecule has 0 N–H and O–H groups in total. The van der Waals surface area contributed by atoms with Crippen LogP contribution in [0, 0.1) is 0 Å². The maximum absolute atomic E-state index is 11.3. The van der Waals surface area contributed by atoms with Gasteiger partial charge in [-0.15, -0.1) is 0 Å². The van der Waals surface area contributed by atoms with Gasteiger partial charge in [0.25, 0.3) is 0 Å². The van der Waals surface area contributed by atoms with E-state index in [4.69, 9.17) is 4.74 Å². The van der Waals surface area contributed by atoms with E-state index >= 15 is 0 Å². The zero-order valence-electron chi connectivity index (χ0n) is 10.7. The van der Waals surface area contributed by atoms with E-state index in [1.807, 2.05) is 6.92 Å². The van der Waals surface area contributed by atoms with Crippen molar-refractivity contribution < 1.29 is 9.53 Å². The van der Waals surface area contributed by atoms with Gasteiger partial charge in [-0.3, -0.25) is 9.69 Å². The van der Waals surface area contributed by atoms with Crippen LogP contribution in [0.5, 0.6) is 0 Å². The molecule has 1 unspecified atom stereocenters. The standard InChI is InChI=1S/C12H25NO2/c1-6-8-13(10(3)4)11(5)9-12(14)15-7-2/h10-11H,6-9H2,1-5H3. The maximum Gasteiger partial charge on any atom is 0.307 e. The first kappa shape index (κ1) is 14.4. The maximum atomic E-state index is 11.3. The molecule has 15 heavy (non-hydrogen) atoms. The average Bonchev–Trinajstić information content (AvgIpc) is 2.13. The zero-order chi connectivity index (χ0) is 11.8. The van der Waals surface area contributed by atoms with Crippen molar-refractivity contribution in [3.63, 3.8) is 0 Å². The van der Waals surface area contributed by atoms with Crippen LogP contribution in [0.1, 0.15) is 47.5 Å². The molecule has 0 aromatic carbocycles. The molecule has 0 aliphatic carbocycles. The van der Waals surface area contributed by atoms with Gasteiger partial charge in [0.05, 0.1) is 13.0 Å². The highest BCUT2D eigenvalue weighted by atomic mass is 16.5. The first-order chi connectivity index (χ1) is 7.02. The molecule has 0 fully saturated rings. The summed E-state index contributed by atoms with van der Waals surface area (Å²) in [7, 11) is 0. The SMILES string of the molecule is CCCN(C(C)C)C(C)CC(=O)OCC. The molecule has 0 rings (SSSR count). The van der Waals surface area contributed by atoms with Crippen LogP contribution in [0.4, 0.5) is 0 Å². The molecular formula is C12H25NO2. The second kappa shape index (κ2) is 7.69. The Balaban J connectivity index is 4.12. The summed E-state index contributed by atoms with van der Waals surface area (Å²) in [5, 5.41) is 0. The van der Waals surface area contributed by atoms with Crippen LogP contribution in [0.25, 0.3) is 0 Å². The van der Waals surface area contributed by atoms with E-state index < -0.39 is 0 Å². The number of esters is 1. The van der Waals surface area contributed by atoms with Crippen LogP contribution in [-0.2, 0) is 9.53 Å². The summed E-state index contributed by atoms with van der Waals surface area (Å²) in [6.07, 6.45) is 1.61. The summed E-state index contributed by atoms with van der Waals surface area (Å²) in [5.74, 6) is -0.0910. The molecule has 90 valence electrons. The lowest BCUT2D eigenvalue weighted by molar-refractivity contribution is -0.144. The highest BCUT2D eigenvalue weighted by molar-refractivity contribution is 5.70. The average molecular weight is 215 g/mol. The fraction of sp³-hybridized carbons (Fsp3) is 0.917. The number of hydrogen-bond donors (Lipinski definition) is 0. The molecule has 1 atom stereocenters. The van der Waals surface area contributed by atoms with Crippen molar-refractivity contribution >= 4 is 5.97 Å². The number of carbonyl (C=O) groups excluding carboxylic acids is 1. The smallest absolute Gasteiger partial charge is 0.307 e. The third-order valence-corrected chi connectivity index (χ3v) is 2.48. The van der Waals surface area contributed by atoms with E-state index in [1.54, 1.807) is 0 Å². The van der Waals surface area contributed by atoms with Crippen molar-refractivity contribution in [2.75, 3.05) is 13.2 Å². The van der Waals surface area contributed by atoms with Gasteiger partial charge >= 0.3 is 5.97 Å². The predicted molar refractivity (Wildman–Crippen MR) is 62.8 cm³/mol. The topological polar surface area (TPSA) is 29.5 Å². The molecule has 0 aliphatic rings. The molecule has 0 heterocycles. The normalized spacial score (nSPS) is 13.3. The Morgan fingerprint density at radius 2 is 1.87 bits per heavy atom. The molecule has 3 heteroatoms. The lowest BCUT2D eigenvalue weighted by Crippen LogP contribution is -2.40. The van der Waals surface area contributed by atoms with Crippen molar-refractivity contribution in [3.8, 4) is 0 Å². The van der Waals surface area contributed by atoms with Crippen molar-refractivity contribution in [1.82, 2.24) is 4.90 Å². The minimum absolute atomic E-state index is 0.0910. The number of carbonyl (C=O) groups is 1. The zero-order valence-corrected chi connectivity index (χ0v) is 10.7. The molecule has 3 nitrogen and oxygen atoms in total. The molecule has 0 saturated carbocycles. The van der Waals surface area contributed by atoms with E-state index in [0.29, 0.717) is 19.1 Å². The van der Waals surface area contributed by atoms with Crippen molar-refractivity contribution in [1.29, 1.82) is 0 Å². The van der Waals surface area contributed by atoms with E-state index in [9.17, 15) is 4.79 Å². The van der Waals surface area contributed by atoms with Crippen molar-refractivity contribution in [2.45, 2.75) is 59.5 Å². The minimum Gasteiger partial charge on any atom is -0.466 e. The summed E-state index contributed by atoms with van der Waals surface area (Å²) < 4.78 is 4.95. The highest BCUT2D eigenvalue weighted by Gasteiger charge is 2.19. The van der Waals surface area contributed by atoms with Crippen LogP contribution in [-0.4, -0.2) is 36.1 Å². The predicted octanol–water partition coefficient (Wildman–Crippen LogP) is 2.45. The quantitative estimate of drug-likeness (QED) is 0.611. The van der Waals surface area contributed by atoms with Crippen LogP contribution >= 0.6 is 0 Å². The Kier molecular flexibility index (Phi) is 7.39. The van der Waals surface area contributed by atoms with Crippen LogP contribution in [0.3, 0.4) is 0 Å². The second-order valence-corrected chi connectivity index (χ2v) is 4.19. The molecule has 0 saturated heterocycles. The lowest BCUT2D eigenvalue weighted by Gasteiger charge is -2.31. The summed E-state index contributed by atoms with van der Waals surface area (Å²) in [6, 6.07) is 0.748. The van der Waals surface area contributed by atoms with Gasteiger partial charge < -0.3 is 4.74 Å². The van der Waals surface area contributed by atoms with Gasteiger partial charge in [0.15, 0.2) is 0 Å². The monoisotopic (exact) mass is 215 g/mol.